The molecule has 0 spiro atoms. The molecule has 0 saturated heterocycles. The number of hydrogen-bond donors (Lipinski definition) is 2. The minimum atomic E-state index is 0. The van der Waals surface area contributed by atoms with Crippen LogP contribution in [0.1, 0.15) is 16.7 Å². The van der Waals surface area contributed by atoms with Crippen LogP contribution in [0.2, 0.25) is 0 Å². The molecule has 0 aliphatic rings. The molecule has 2 aromatic carbocycles. The van der Waals surface area contributed by atoms with Crippen molar-refractivity contribution >= 4 is 29.9 Å². The molecule has 1 aromatic heterocycles. The number of aliphatic imine (C=N–C) groups is 1. The van der Waals surface area contributed by atoms with Gasteiger partial charge in [0.2, 0.25) is 0 Å². The van der Waals surface area contributed by atoms with Crippen LogP contribution in [0.25, 0.3) is 5.69 Å². The maximum Gasteiger partial charge on any atom is 0.190 e. The fourth-order valence-electron chi connectivity index (χ4n) is 3.10. The van der Waals surface area contributed by atoms with E-state index in [4.69, 9.17) is 4.74 Å². The molecular weight excluding hydrogens is 489 g/mol. The summed E-state index contributed by atoms with van der Waals surface area (Å²) >= 11 is 0. The molecule has 0 saturated carbocycles. The van der Waals surface area contributed by atoms with E-state index < -0.39 is 0 Å². The van der Waals surface area contributed by atoms with Crippen molar-refractivity contribution in [3.8, 4) is 11.4 Å². The topological polar surface area (TPSA) is 63.5 Å². The maximum atomic E-state index is 5.40. The summed E-state index contributed by atoms with van der Waals surface area (Å²) in [7, 11) is 3.50. The molecule has 0 radical (unpaired) electrons. The average molecular weight is 519 g/mol. The Morgan fingerprint density at radius 2 is 1.73 bits per heavy atom. The lowest BCUT2D eigenvalue weighted by molar-refractivity contribution is 0.411. The summed E-state index contributed by atoms with van der Waals surface area (Å²) < 4.78 is 7.30. The van der Waals surface area contributed by atoms with Gasteiger partial charge in [-0.1, -0.05) is 30.3 Å². The van der Waals surface area contributed by atoms with E-state index in [2.05, 4.69) is 52.0 Å². The van der Waals surface area contributed by atoms with E-state index in [1.165, 1.54) is 11.1 Å². The van der Waals surface area contributed by atoms with Crippen LogP contribution in [0.3, 0.4) is 0 Å². The molecule has 0 atom stereocenters. The normalized spacial score (nSPS) is 11.0. The van der Waals surface area contributed by atoms with Crippen LogP contribution in [0.4, 0.5) is 0 Å². The third-order valence-corrected chi connectivity index (χ3v) is 4.77. The minimum absolute atomic E-state index is 0. The molecule has 0 aliphatic heterocycles. The van der Waals surface area contributed by atoms with Gasteiger partial charge < -0.3 is 15.4 Å². The van der Waals surface area contributed by atoms with E-state index in [1.807, 2.05) is 41.2 Å². The van der Waals surface area contributed by atoms with Gasteiger partial charge in [0.25, 0.3) is 0 Å². The van der Waals surface area contributed by atoms with E-state index >= 15 is 0 Å². The number of halogens is 1. The van der Waals surface area contributed by atoms with Gasteiger partial charge in [0.15, 0.2) is 5.96 Å². The van der Waals surface area contributed by atoms with E-state index in [0.717, 1.165) is 48.9 Å². The summed E-state index contributed by atoms with van der Waals surface area (Å²) in [6, 6.07) is 16.5. The fourth-order valence-corrected chi connectivity index (χ4v) is 3.10. The van der Waals surface area contributed by atoms with Gasteiger partial charge >= 0.3 is 0 Å². The molecule has 2 N–H and O–H groups in total. The average Bonchev–Trinajstić information content (AvgIpc) is 3.23. The molecule has 0 aliphatic carbocycles. The molecule has 30 heavy (non-hydrogen) atoms. The van der Waals surface area contributed by atoms with Gasteiger partial charge in [0, 0.05) is 26.3 Å². The zero-order valence-electron chi connectivity index (χ0n) is 17.8. The SMILES string of the molecule is CN=C(NCCc1ccc(C)c(OC)c1)NCCc1cnn(-c2ccccc2)c1.I. The Morgan fingerprint density at radius 3 is 2.40 bits per heavy atom. The summed E-state index contributed by atoms with van der Waals surface area (Å²) in [6.45, 7) is 3.65. The van der Waals surface area contributed by atoms with Crippen LogP contribution in [0.5, 0.6) is 5.75 Å². The molecule has 1 heterocycles. The molecule has 0 unspecified atom stereocenters. The quantitative estimate of drug-likeness (QED) is 0.270. The van der Waals surface area contributed by atoms with Gasteiger partial charge in [0.05, 0.1) is 19.0 Å². The Bertz CT molecular complexity index is 940. The molecule has 6 nitrogen and oxygen atoms in total. The van der Waals surface area contributed by atoms with Crippen molar-refractivity contribution in [2.24, 2.45) is 4.99 Å². The predicted octanol–water partition coefficient (Wildman–Crippen LogP) is 3.76. The van der Waals surface area contributed by atoms with Gasteiger partial charge in [0.1, 0.15) is 5.75 Å². The van der Waals surface area contributed by atoms with Crippen LogP contribution in [-0.4, -0.2) is 43.0 Å². The fraction of sp³-hybridized carbons (Fsp3) is 0.304. The highest BCUT2D eigenvalue weighted by molar-refractivity contribution is 14.0. The third kappa shape index (κ3) is 6.76. The molecule has 0 bridgehead atoms. The number of nitrogens with zero attached hydrogens (tertiary/aromatic N) is 3. The molecule has 160 valence electrons. The minimum Gasteiger partial charge on any atom is -0.496 e. The monoisotopic (exact) mass is 519 g/mol. The number of hydrogen-bond acceptors (Lipinski definition) is 3. The second kappa shape index (κ2) is 12.2. The van der Waals surface area contributed by atoms with Gasteiger partial charge in [-0.3, -0.25) is 4.99 Å². The molecule has 0 amide bonds. The molecule has 3 rings (SSSR count). The Hall–Kier alpha value is -2.55. The Kier molecular flexibility index (Phi) is 9.66. The van der Waals surface area contributed by atoms with Crippen molar-refractivity contribution in [2.75, 3.05) is 27.2 Å². The summed E-state index contributed by atoms with van der Waals surface area (Å²) in [5.74, 6) is 1.74. The van der Waals surface area contributed by atoms with Crippen molar-refractivity contribution in [2.45, 2.75) is 19.8 Å². The van der Waals surface area contributed by atoms with Crippen LogP contribution < -0.4 is 15.4 Å². The molecular formula is C23H30IN5O. The predicted molar refractivity (Wildman–Crippen MR) is 133 cm³/mol. The third-order valence-electron chi connectivity index (χ3n) is 4.77. The Labute approximate surface area is 195 Å². The largest absolute Gasteiger partial charge is 0.496 e. The van der Waals surface area contributed by atoms with E-state index in [9.17, 15) is 0 Å². The lowest BCUT2D eigenvalue weighted by Crippen LogP contribution is -2.39. The first-order chi connectivity index (χ1) is 14.2. The number of guanidine groups is 1. The Balaban J connectivity index is 0.00000320. The molecule has 7 heteroatoms. The van der Waals surface area contributed by atoms with Crippen molar-refractivity contribution in [3.05, 3.63) is 77.6 Å². The number of para-hydroxylation sites is 1. The van der Waals surface area contributed by atoms with Crippen molar-refractivity contribution in [1.29, 1.82) is 0 Å². The van der Waals surface area contributed by atoms with Crippen LogP contribution >= 0.6 is 24.0 Å². The number of nitrogens with one attached hydrogen (secondary N) is 2. The van der Waals surface area contributed by atoms with Crippen LogP contribution in [0, 0.1) is 6.92 Å². The highest BCUT2D eigenvalue weighted by atomic mass is 127. The van der Waals surface area contributed by atoms with E-state index in [0.29, 0.717) is 0 Å². The van der Waals surface area contributed by atoms with Crippen molar-refractivity contribution in [1.82, 2.24) is 20.4 Å². The smallest absolute Gasteiger partial charge is 0.190 e. The highest BCUT2D eigenvalue weighted by Crippen LogP contribution is 2.19. The number of aryl methyl sites for hydroxylation is 1. The first kappa shape index (κ1) is 23.7. The lowest BCUT2D eigenvalue weighted by atomic mass is 10.1. The number of benzene rings is 2. The second-order valence-electron chi connectivity index (χ2n) is 6.86. The van der Waals surface area contributed by atoms with Gasteiger partial charge in [-0.15, -0.1) is 24.0 Å². The zero-order valence-corrected chi connectivity index (χ0v) is 20.1. The van der Waals surface area contributed by atoms with E-state index in [1.54, 1.807) is 14.2 Å². The van der Waals surface area contributed by atoms with Crippen molar-refractivity contribution < 1.29 is 4.74 Å². The number of rotatable bonds is 8. The molecule has 0 fully saturated rings. The lowest BCUT2D eigenvalue weighted by Gasteiger charge is -2.12. The standard InChI is InChI=1S/C23H29N5O.HI/c1-18-9-10-19(15-22(18)29-3)11-13-25-23(24-2)26-14-12-20-16-27-28(17-20)21-7-5-4-6-8-21;/h4-10,15-17H,11-14H2,1-3H3,(H2,24,25,26);1H. The summed E-state index contributed by atoms with van der Waals surface area (Å²) in [5.41, 5.74) is 4.64. The van der Waals surface area contributed by atoms with Gasteiger partial charge in [-0.25, -0.2) is 4.68 Å². The van der Waals surface area contributed by atoms with Gasteiger partial charge in [-0.05, 0) is 54.7 Å². The number of methoxy groups -OCH3 is 1. The Morgan fingerprint density at radius 1 is 1.03 bits per heavy atom. The number of aromatic nitrogens is 2. The summed E-state index contributed by atoms with van der Waals surface area (Å²) in [4.78, 5) is 4.30. The first-order valence-electron chi connectivity index (χ1n) is 9.86. The second-order valence-corrected chi connectivity index (χ2v) is 6.86. The first-order valence-corrected chi connectivity index (χ1v) is 9.86. The van der Waals surface area contributed by atoms with Crippen LogP contribution in [0.15, 0.2) is 65.9 Å². The molecule has 3 aromatic rings. The zero-order chi connectivity index (χ0) is 20.5. The van der Waals surface area contributed by atoms with Gasteiger partial charge in [-0.2, -0.15) is 5.10 Å². The van der Waals surface area contributed by atoms with Crippen molar-refractivity contribution in [3.63, 3.8) is 0 Å². The maximum absolute atomic E-state index is 5.40. The highest BCUT2D eigenvalue weighted by Gasteiger charge is 2.03. The summed E-state index contributed by atoms with van der Waals surface area (Å²) in [6.07, 6.45) is 5.76. The van der Waals surface area contributed by atoms with E-state index in [-0.39, 0.29) is 24.0 Å². The van der Waals surface area contributed by atoms with Crippen LogP contribution in [-0.2, 0) is 12.8 Å². The number of ether oxygens (including phenoxy) is 1. The summed E-state index contributed by atoms with van der Waals surface area (Å²) in [5, 5.41) is 11.2.